The highest BCUT2D eigenvalue weighted by atomic mass is 79.9. The third-order valence-corrected chi connectivity index (χ3v) is 5.83. The predicted octanol–water partition coefficient (Wildman–Crippen LogP) is 3.50. The van der Waals surface area contributed by atoms with Gasteiger partial charge in [-0.15, -0.1) is 0 Å². The maximum absolute atomic E-state index is 11.4. The number of rotatable bonds is 3. The van der Waals surface area contributed by atoms with Crippen molar-refractivity contribution in [3.63, 3.8) is 0 Å². The van der Waals surface area contributed by atoms with Crippen LogP contribution >= 0.6 is 15.9 Å². The molecule has 6 heteroatoms. The zero-order valence-corrected chi connectivity index (χ0v) is 17.1. The van der Waals surface area contributed by atoms with Crippen molar-refractivity contribution in [2.24, 2.45) is 5.92 Å². The predicted molar refractivity (Wildman–Crippen MR) is 109 cm³/mol. The van der Waals surface area contributed by atoms with Gasteiger partial charge in [-0.1, -0.05) is 32.1 Å². The van der Waals surface area contributed by atoms with Gasteiger partial charge in [0.25, 0.3) is 0 Å². The van der Waals surface area contributed by atoms with Crippen LogP contribution in [0.15, 0.2) is 28.9 Å². The van der Waals surface area contributed by atoms with Crippen molar-refractivity contribution in [1.82, 2.24) is 15.2 Å². The van der Waals surface area contributed by atoms with Crippen molar-refractivity contribution in [3.05, 3.63) is 40.0 Å². The minimum atomic E-state index is -0.749. The van der Waals surface area contributed by atoms with Crippen molar-refractivity contribution in [3.8, 4) is 0 Å². The van der Waals surface area contributed by atoms with Crippen LogP contribution in [0, 0.1) is 5.92 Å². The molecule has 4 rings (SSSR count). The quantitative estimate of drug-likeness (QED) is 0.711. The first kappa shape index (κ1) is 19.1. The van der Waals surface area contributed by atoms with Gasteiger partial charge in [-0.2, -0.15) is 0 Å². The number of benzene rings is 1. The largest absolute Gasteiger partial charge is 0.481 e. The zero-order valence-electron chi connectivity index (χ0n) is 15.5. The normalized spacial score (nSPS) is 21.6. The Hall–Kier alpha value is -1.63. The van der Waals surface area contributed by atoms with E-state index in [1.165, 1.54) is 16.5 Å². The molecule has 0 bridgehead atoms. The molecule has 1 aliphatic carbocycles. The van der Waals surface area contributed by atoms with Crippen LogP contribution in [0.25, 0.3) is 16.5 Å². The van der Waals surface area contributed by atoms with Crippen molar-refractivity contribution in [1.29, 1.82) is 0 Å². The summed E-state index contributed by atoms with van der Waals surface area (Å²) in [5, 5.41) is 13.7. The molecule has 5 nitrogen and oxygen atoms in total. The second-order valence-corrected chi connectivity index (χ2v) is 7.62. The molecule has 0 radical (unpaired) electrons. The fourth-order valence-electron chi connectivity index (χ4n) is 3.90. The molecule has 0 fully saturated rings. The van der Waals surface area contributed by atoms with Gasteiger partial charge < -0.3 is 15.4 Å². The first-order valence-electron chi connectivity index (χ1n) is 9.12. The van der Waals surface area contributed by atoms with E-state index in [1.807, 2.05) is 19.2 Å². The zero-order chi connectivity index (χ0) is 18.8. The minimum Gasteiger partial charge on any atom is -0.481 e. The molecule has 0 saturated carbocycles. The molecule has 26 heavy (non-hydrogen) atoms. The van der Waals surface area contributed by atoms with Gasteiger partial charge in [-0.05, 0) is 65.3 Å². The number of aliphatic carboxylic acids is 1. The first-order chi connectivity index (χ1) is 12.5. The monoisotopic (exact) mass is 419 g/mol. The van der Waals surface area contributed by atoms with E-state index in [9.17, 15) is 9.90 Å². The van der Waals surface area contributed by atoms with Crippen LogP contribution in [-0.2, 0) is 11.2 Å². The summed E-state index contributed by atoms with van der Waals surface area (Å²) in [7, 11) is 2.01. The lowest BCUT2D eigenvalue weighted by molar-refractivity contribution is -0.140. The van der Waals surface area contributed by atoms with Crippen molar-refractivity contribution in [2.45, 2.75) is 26.3 Å². The summed E-state index contributed by atoms with van der Waals surface area (Å²) in [5.41, 5.74) is 4.72. The molecular weight excluding hydrogens is 394 g/mol. The highest BCUT2D eigenvalue weighted by molar-refractivity contribution is 9.10. The number of halogens is 1. The van der Waals surface area contributed by atoms with Gasteiger partial charge in [0.15, 0.2) is 0 Å². The molecule has 0 unspecified atom stereocenters. The number of carboxylic acid groups (broad SMARTS) is 1. The summed E-state index contributed by atoms with van der Waals surface area (Å²) < 4.78 is 1.04. The Morgan fingerprint density at radius 3 is 2.73 bits per heavy atom. The van der Waals surface area contributed by atoms with Crippen molar-refractivity contribution < 1.29 is 9.90 Å². The fraction of sp³-hybridized carbons (Fsp3) is 0.450. The van der Waals surface area contributed by atoms with Gasteiger partial charge >= 0.3 is 5.97 Å². The highest BCUT2D eigenvalue weighted by Gasteiger charge is 2.36. The Balaban J connectivity index is 0.000000349. The summed E-state index contributed by atoms with van der Waals surface area (Å²) in [6.45, 7) is 6.96. The summed E-state index contributed by atoms with van der Waals surface area (Å²) in [5.74, 6) is -1.18. The number of nitrogens with one attached hydrogen (secondary N) is 2. The fourth-order valence-corrected chi connectivity index (χ4v) is 4.47. The number of likely N-dealkylation sites (N-methyl/N-ethyl adjacent to an activating group) is 1. The number of nitrogens with zero attached hydrogens (tertiary/aromatic N) is 1. The van der Waals surface area contributed by atoms with Crippen LogP contribution in [0.5, 0.6) is 0 Å². The maximum Gasteiger partial charge on any atom is 0.311 e. The van der Waals surface area contributed by atoms with Crippen molar-refractivity contribution >= 4 is 38.4 Å². The first-order valence-corrected chi connectivity index (χ1v) is 9.92. The van der Waals surface area contributed by atoms with Crippen molar-refractivity contribution in [2.75, 3.05) is 26.7 Å². The summed E-state index contributed by atoms with van der Waals surface area (Å²) in [4.78, 5) is 16.9. The summed E-state index contributed by atoms with van der Waals surface area (Å²) in [6, 6.07) is 6.45. The molecule has 2 atom stereocenters. The molecule has 2 aliphatic rings. The van der Waals surface area contributed by atoms with Gasteiger partial charge in [0.05, 0.1) is 10.5 Å². The standard InChI is InChI=1S/C16H15BrN2O2.C4H11N/c1-19-7-8(16(20)21)5-10-9-3-2-4-12-14(9)11(6-13(10)19)15(17)18-12;1-3-5-4-2/h2-5,8,13,18H,6-7H2,1H3,(H,20,21);5H,3-4H2,1-2H3/t8-,13-;/m1./s1. The lowest BCUT2D eigenvalue weighted by Crippen LogP contribution is -2.44. The number of aromatic nitrogens is 1. The molecule has 3 N–H and O–H groups in total. The Labute approximate surface area is 162 Å². The molecule has 2 aromatic rings. The average molecular weight is 420 g/mol. The van der Waals surface area contributed by atoms with E-state index in [-0.39, 0.29) is 6.04 Å². The number of carbonyl (C=O) groups is 1. The van der Waals surface area contributed by atoms with Gasteiger partial charge in [0.1, 0.15) is 0 Å². The molecule has 0 saturated heterocycles. The van der Waals surface area contributed by atoms with Crippen LogP contribution in [0.2, 0.25) is 0 Å². The van der Waals surface area contributed by atoms with E-state index in [4.69, 9.17) is 0 Å². The van der Waals surface area contributed by atoms with E-state index in [2.05, 4.69) is 57.1 Å². The van der Waals surface area contributed by atoms with E-state index >= 15 is 0 Å². The van der Waals surface area contributed by atoms with Crippen LogP contribution in [0.3, 0.4) is 0 Å². The highest BCUT2D eigenvalue weighted by Crippen LogP contribution is 2.43. The average Bonchev–Trinajstić information content (AvgIpc) is 2.94. The lowest BCUT2D eigenvalue weighted by Gasteiger charge is -2.38. The Morgan fingerprint density at radius 1 is 1.38 bits per heavy atom. The Bertz CT molecular complexity index is 841. The molecule has 1 aliphatic heterocycles. The SMILES string of the molecule is CCNCC.CN1C[C@H](C(=O)O)C=C2c3cccc4[nH]c(Br)c(c34)C[C@H]21. The summed E-state index contributed by atoms with van der Waals surface area (Å²) >= 11 is 3.62. The summed E-state index contributed by atoms with van der Waals surface area (Å²) in [6.07, 6.45) is 2.86. The number of H-pyrrole nitrogens is 1. The number of aromatic amines is 1. The van der Waals surface area contributed by atoms with Gasteiger partial charge in [-0.3, -0.25) is 9.69 Å². The maximum atomic E-state index is 11.4. The Morgan fingerprint density at radius 2 is 2.12 bits per heavy atom. The molecule has 1 aromatic carbocycles. The van der Waals surface area contributed by atoms with E-state index in [0.717, 1.165) is 35.2 Å². The molecule has 1 aromatic heterocycles. The van der Waals surface area contributed by atoms with Gasteiger partial charge in [0, 0.05) is 23.5 Å². The third kappa shape index (κ3) is 3.46. The second-order valence-electron chi connectivity index (χ2n) is 6.83. The number of hydrogen-bond donors (Lipinski definition) is 3. The number of fused-ring (bicyclic) bond motifs is 2. The van der Waals surface area contributed by atoms with Crippen LogP contribution in [0.1, 0.15) is 25.0 Å². The molecular formula is C20H26BrN3O2. The van der Waals surface area contributed by atoms with Gasteiger partial charge in [0.2, 0.25) is 0 Å². The second kappa shape index (κ2) is 7.94. The van der Waals surface area contributed by atoms with E-state index in [0.29, 0.717) is 6.54 Å². The lowest BCUT2D eigenvalue weighted by atomic mass is 9.80. The molecule has 0 amide bonds. The van der Waals surface area contributed by atoms with Crippen LogP contribution in [0.4, 0.5) is 0 Å². The topological polar surface area (TPSA) is 68.4 Å². The van der Waals surface area contributed by atoms with Crippen LogP contribution < -0.4 is 5.32 Å². The molecule has 2 heterocycles. The molecule has 0 spiro atoms. The number of carboxylic acids is 1. The van der Waals surface area contributed by atoms with E-state index in [1.54, 1.807) is 0 Å². The number of hydrogen-bond acceptors (Lipinski definition) is 3. The third-order valence-electron chi connectivity index (χ3n) is 5.16. The van der Waals surface area contributed by atoms with E-state index < -0.39 is 11.9 Å². The Kier molecular flexibility index (Phi) is 5.85. The van der Waals surface area contributed by atoms with Crippen LogP contribution in [-0.4, -0.2) is 53.7 Å². The van der Waals surface area contributed by atoms with Gasteiger partial charge in [-0.25, -0.2) is 0 Å². The smallest absolute Gasteiger partial charge is 0.311 e. The minimum absolute atomic E-state index is 0.255. The molecule has 140 valence electrons.